The van der Waals surface area contributed by atoms with Gasteiger partial charge in [0.1, 0.15) is 12.4 Å². The lowest BCUT2D eigenvalue weighted by atomic mass is 9.82. The van der Waals surface area contributed by atoms with Gasteiger partial charge < -0.3 is 14.6 Å². The van der Waals surface area contributed by atoms with Crippen molar-refractivity contribution >= 4 is 5.78 Å². The number of rotatable bonds is 5. The Labute approximate surface area is 159 Å². The Bertz CT molecular complexity index is 792. The summed E-state index contributed by atoms with van der Waals surface area (Å²) in [4.78, 5) is 15.9. The van der Waals surface area contributed by atoms with Gasteiger partial charge in [-0.15, -0.1) is 0 Å². The molecule has 1 atom stereocenters. The molecule has 0 bridgehead atoms. The van der Waals surface area contributed by atoms with Crippen LogP contribution >= 0.6 is 0 Å². The number of aromatic nitrogens is 1. The summed E-state index contributed by atoms with van der Waals surface area (Å²) in [6.45, 7) is 0.515. The van der Waals surface area contributed by atoms with Gasteiger partial charge in [-0.3, -0.25) is 4.79 Å². The average Bonchev–Trinajstić information content (AvgIpc) is 3.12. The summed E-state index contributed by atoms with van der Waals surface area (Å²) in [7, 11) is 0. The van der Waals surface area contributed by atoms with Crippen molar-refractivity contribution in [2.45, 2.75) is 56.8 Å². The topological polar surface area (TPSA) is 68.7 Å². The normalized spacial score (nSPS) is 21.5. The van der Waals surface area contributed by atoms with Crippen molar-refractivity contribution in [1.82, 2.24) is 4.98 Å². The Morgan fingerprint density at radius 3 is 2.74 bits per heavy atom. The molecule has 2 heterocycles. The van der Waals surface area contributed by atoms with E-state index in [0.29, 0.717) is 31.1 Å². The van der Waals surface area contributed by atoms with Crippen LogP contribution in [0.4, 0.5) is 0 Å². The minimum atomic E-state index is -0.100. The van der Waals surface area contributed by atoms with Crippen LogP contribution in [-0.4, -0.2) is 34.2 Å². The van der Waals surface area contributed by atoms with Gasteiger partial charge in [0.15, 0.2) is 0 Å². The second kappa shape index (κ2) is 7.79. The van der Waals surface area contributed by atoms with Crippen molar-refractivity contribution < 1.29 is 19.4 Å². The van der Waals surface area contributed by atoms with Crippen molar-refractivity contribution in [3.63, 3.8) is 0 Å². The molecule has 0 radical (unpaired) electrons. The van der Waals surface area contributed by atoms with E-state index in [4.69, 9.17) is 9.47 Å². The first-order valence-corrected chi connectivity index (χ1v) is 9.64. The molecule has 0 amide bonds. The minimum absolute atomic E-state index is 0.0273. The van der Waals surface area contributed by atoms with Gasteiger partial charge in [0.25, 0.3) is 0 Å². The van der Waals surface area contributed by atoms with Crippen LogP contribution in [0.3, 0.4) is 0 Å². The highest BCUT2D eigenvalue weighted by molar-refractivity contribution is 5.79. The van der Waals surface area contributed by atoms with Gasteiger partial charge in [-0.05, 0) is 48.9 Å². The summed E-state index contributed by atoms with van der Waals surface area (Å²) in [5.74, 6) is 0.943. The molecule has 1 unspecified atom stereocenters. The quantitative estimate of drug-likeness (QED) is 0.873. The molecule has 1 aromatic carbocycles. The summed E-state index contributed by atoms with van der Waals surface area (Å²) in [6.07, 6.45) is 6.84. The average molecular weight is 367 g/mol. The third-order valence-electron chi connectivity index (χ3n) is 5.65. The second-order valence-electron chi connectivity index (χ2n) is 7.55. The Morgan fingerprint density at radius 2 is 2.00 bits per heavy atom. The molecule has 5 heteroatoms. The maximum atomic E-state index is 11.5. The lowest BCUT2D eigenvalue weighted by molar-refractivity contribution is -0.129. The van der Waals surface area contributed by atoms with E-state index in [2.05, 4.69) is 4.98 Å². The van der Waals surface area contributed by atoms with Crippen molar-refractivity contribution in [1.29, 1.82) is 0 Å². The SMILES string of the molecule is O=C1CCC2(CC1)CCC(COc1ccc(-c3cccc(CO)c3)cn1)O2. The molecule has 4 rings (SSSR count). The zero-order chi connectivity index (χ0) is 18.7. The standard InChI is InChI=1S/C22H25NO4/c24-14-16-2-1-3-17(12-16)18-4-5-21(23-13-18)26-15-20-8-11-22(27-20)9-6-19(25)7-10-22/h1-5,12-13,20,24H,6-11,14-15H2. The maximum absolute atomic E-state index is 11.5. The monoisotopic (exact) mass is 367 g/mol. The smallest absolute Gasteiger partial charge is 0.213 e. The number of hydrogen-bond donors (Lipinski definition) is 1. The first-order chi connectivity index (χ1) is 13.2. The van der Waals surface area contributed by atoms with E-state index in [-0.39, 0.29) is 18.3 Å². The van der Waals surface area contributed by atoms with Gasteiger partial charge in [-0.2, -0.15) is 0 Å². The number of carbonyl (C=O) groups excluding carboxylic acids is 1. The molecule has 27 heavy (non-hydrogen) atoms. The van der Waals surface area contributed by atoms with Crippen LogP contribution in [0.1, 0.15) is 44.1 Å². The number of Topliss-reactive ketones (excluding diaryl/α,β-unsaturated/α-hetero) is 1. The predicted octanol–water partition coefficient (Wildman–Crippen LogP) is 3.68. The van der Waals surface area contributed by atoms with Crippen LogP contribution < -0.4 is 4.74 Å². The summed E-state index contributed by atoms with van der Waals surface area (Å²) in [6, 6.07) is 11.6. The van der Waals surface area contributed by atoms with E-state index < -0.39 is 0 Å². The van der Waals surface area contributed by atoms with E-state index in [0.717, 1.165) is 42.4 Å². The minimum Gasteiger partial charge on any atom is -0.475 e. The number of benzene rings is 1. The highest BCUT2D eigenvalue weighted by Gasteiger charge is 2.42. The van der Waals surface area contributed by atoms with E-state index in [1.165, 1.54) is 0 Å². The van der Waals surface area contributed by atoms with Gasteiger partial charge >= 0.3 is 0 Å². The number of aliphatic hydroxyl groups excluding tert-OH is 1. The highest BCUT2D eigenvalue weighted by atomic mass is 16.6. The van der Waals surface area contributed by atoms with Gasteiger partial charge in [-0.1, -0.05) is 18.2 Å². The van der Waals surface area contributed by atoms with Crippen LogP contribution in [0.2, 0.25) is 0 Å². The Morgan fingerprint density at radius 1 is 1.15 bits per heavy atom. The fraction of sp³-hybridized carbons (Fsp3) is 0.455. The van der Waals surface area contributed by atoms with E-state index >= 15 is 0 Å². The molecule has 2 aromatic rings. The number of carbonyl (C=O) groups is 1. The molecule has 1 aromatic heterocycles. The predicted molar refractivity (Wildman–Crippen MR) is 101 cm³/mol. The Hall–Kier alpha value is -2.24. The lowest BCUT2D eigenvalue weighted by Crippen LogP contribution is -2.35. The third kappa shape index (κ3) is 4.20. The van der Waals surface area contributed by atoms with E-state index in [9.17, 15) is 9.90 Å². The number of ether oxygens (including phenoxy) is 2. The van der Waals surface area contributed by atoms with E-state index in [1.807, 2.05) is 36.4 Å². The van der Waals surface area contributed by atoms with Crippen LogP contribution in [-0.2, 0) is 16.1 Å². The van der Waals surface area contributed by atoms with Gasteiger partial charge in [0.2, 0.25) is 5.88 Å². The number of nitrogens with zero attached hydrogens (tertiary/aromatic N) is 1. The number of hydrogen-bond acceptors (Lipinski definition) is 5. The fourth-order valence-electron chi connectivity index (χ4n) is 4.03. The van der Waals surface area contributed by atoms with Crippen LogP contribution in [0, 0.1) is 0 Å². The zero-order valence-corrected chi connectivity index (χ0v) is 15.4. The second-order valence-corrected chi connectivity index (χ2v) is 7.55. The zero-order valence-electron chi connectivity index (χ0n) is 15.4. The van der Waals surface area contributed by atoms with E-state index in [1.54, 1.807) is 6.20 Å². The summed E-state index contributed by atoms with van der Waals surface area (Å²) in [5.41, 5.74) is 2.79. The molecule has 1 saturated carbocycles. The molecule has 5 nitrogen and oxygen atoms in total. The summed E-state index contributed by atoms with van der Waals surface area (Å²) < 4.78 is 12.1. The molecule has 1 saturated heterocycles. The molecule has 2 aliphatic rings. The van der Waals surface area contributed by atoms with Gasteiger partial charge in [0.05, 0.1) is 18.3 Å². The number of ketones is 1. The molecule has 142 valence electrons. The van der Waals surface area contributed by atoms with Crippen molar-refractivity contribution in [2.24, 2.45) is 0 Å². The molecular formula is C22H25NO4. The number of pyridine rings is 1. The maximum Gasteiger partial charge on any atom is 0.213 e. The largest absolute Gasteiger partial charge is 0.475 e. The van der Waals surface area contributed by atoms with Crippen LogP contribution in [0.25, 0.3) is 11.1 Å². The lowest BCUT2D eigenvalue weighted by Gasteiger charge is -2.32. The van der Waals surface area contributed by atoms with Crippen LogP contribution in [0.5, 0.6) is 5.88 Å². The Kier molecular flexibility index (Phi) is 5.23. The summed E-state index contributed by atoms with van der Waals surface area (Å²) in [5, 5.41) is 9.27. The molecule has 1 aliphatic carbocycles. The fourth-order valence-corrected chi connectivity index (χ4v) is 4.03. The van der Waals surface area contributed by atoms with Crippen molar-refractivity contribution in [2.75, 3.05) is 6.61 Å². The third-order valence-corrected chi connectivity index (χ3v) is 5.65. The highest BCUT2D eigenvalue weighted by Crippen LogP contribution is 2.41. The van der Waals surface area contributed by atoms with Crippen molar-refractivity contribution in [3.8, 4) is 17.0 Å². The molecule has 1 aliphatic heterocycles. The van der Waals surface area contributed by atoms with Gasteiger partial charge in [0, 0.05) is 30.7 Å². The molecule has 2 fully saturated rings. The first-order valence-electron chi connectivity index (χ1n) is 9.64. The first kappa shape index (κ1) is 18.1. The number of aliphatic hydroxyl groups is 1. The molecule has 1 spiro atoms. The Balaban J connectivity index is 1.32. The van der Waals surface area contributed by atoms with Gasteiger partial charge in [-0.25, -0.2) is 4.98 Å². The summed E-state index contributed by atoms with van der Waals surface area (Å²) >= 11 is 0. The van der Waals surface area contributed by atoms with Crippen LogP contribution in [0.15, 0.2) is 42.6 Å². The molecular weight excluding hydrogens is 342 g/mol. The molecule has 1 N–H and O–H groups in total. The van der Waals surface area contributed by atoms with Crippen molar-refractivity contribution in [3.05, 3.63) is 48.2 Å².